The molecule has 0 saturated carbocycles. The summed E-state index contributed by atoms with van der Waals surface area (Å²) >= 11 is 0. The van der Waals surface area contributed by atoms with Gasteiger partial charge in [0.2, 0.25) is 0 Å². The third-order valence-electron chi connectivity index (χ3n) is 5.81. The second kappa shape index (κ2) is 9.66. The number of carbonyl (C=O) groups is 1. The maximum Gasteiger partial charge on any atom is 0.271 e. The number of fused-ring (bicyclic) bond motifs is 1. The van der Waals surface area contributed by atoms with Gasteiger partial charge in [0.1, 0.15) is 11.5 Å². The minimum absolute atomic E-state index is 0.0475. The van der Waals surface area contributed by atoms with Gasteiger partial charge in [0, 0.05) is 35.8 Å². The number of ether oxygens (including phenoxy) is 1. The lowest BCUT2D eigenvalue weighted by Gasteiger charge is -2.23. The molecule has 2 aromatic carbocycles. The van der Waals surface area contributed by atoms with Crippen LogP contribution in [0.3, 0.4) is 0 Å². The Bertz CT molecular complexity index is 1260. The minimum Gasteiger partial charge on any atom is -0.373 e. The summed E-state index contributed by atoms with van der Waals surface area (Å²) in [6, 6.07) is 14.7. The maximum absolute atomic E-state index is 11.5. The molecule has 0 spiro atoms. The van der Waals surface area contributed by atoms with Gasteiger partial charge in [-0.25, -0.2) is 4.98 Å². The number of aromatic nitrogens is 3. The van der Waals surface area contributed by atoms with Crippen molar-refractivity contribution in [3.05, 3.63) is 93.7 Å². The Labute approximate surface area is 190 Å². The molecule has 0 unspecified atom stereocenters. The number of nitrogens with zero attached hydrogens (tertiary/aromatic N) is 2. The molecule has 0 aliphatic carbocycles. The van der Waals surface area contributed by atoms with Gasteiger partial charge in [-0.1, -0.05) is 30.3 Å². The van der Waals surface area contributed by atoms with Gasteiger partial charge in [-0.2, -0.15) is 0 Å². The van der Waals surface area contributed by atoms with Crippen LogP contribution in [0.4, 0.5) is 5.69 Å². The van der Waals surface area contributed by atoms with E-state index in [4.69, 9.17) is 10.5 Å². The number of rotatable bonds is 10. The van der Waals surface area contributed by atoms with Crippen molar-refractivity contribution in [3.63, 3.8) is 0 Å². The lowest BCUT2D eigenvalue weighted by molar-refractivity contribution is -0.384. The van der Waals surface area contributed by atoms with Gasteiger partial charge in [-0.3, -0.25) is 14.9 Å². The average molecular weight is 447 g/mol. The van der Waals surface area contributed by atoms with Crippen molar-refractivity contribution >= 4 is 22.5 Å². The Balaban J connectivity index is 1.53. The summed E-state index contributed by atoms with van der Waals surface area (Å²) in [5.74, 6) is -0.0722. The lowest BCUT2D eigenvalue weighted by atomic mass is 9.94. The van der Waals surface area contributed by atoms with Gasteiger partial charge in [0.25, 0.3) is 11.6 Å². The van der Waals surface area contributed by atoms with Crippen molar-refractivity contribution in [1.29, 1.82) is 0 Å². The molecule has 170 valence electrons. The molecule has 0 bridgehead atoms. The highest BCUT2D eigenvalue weighted by Crippen LogP contribution is 2.29. The second-order valence-electron chi connectivity index (χ2n) is 7.98. The molecule has 9 nitrogen and oxygen atoms in total. The number of hydrogen-bond donors (Lipinski definition) is 3. The zero-order valence-electron chi connectivity index (χ0n) is 18.2. The number of benzene rings is 2. The van der Waals surface area contributed by atoms with Crippen molar-refractivity contribution in [3.8, 4) is 0 Å². The van der Waals surface area contributed by atoms with Crippen molar-refractivity contribution in [2.24, 2.45) is 5.73 Å². The third kappa shape index (κ3) is 5.09. The summed E-state index contributed by atoms with van der Waals surface area (Å²) in [6.07, 6.45) is 4.57. The number of hydrogen-bond acceptors (Lipinski definition) is 5. The van der Waals surface area contributed by atoms with Crippen LogP contribution in [0.2, 0.25) is 0 Å². The second-order valence-corrected chi connectivity index (χ2v) is 7.98. The molecule has 33 heavy (non-hydrogen) atoms. The number of nitro groups is 1. The molecule has 9 heteroatoms. The molecule has 0 fully saturated rings. The molecule has 0 aliphatic heterocycles. The van der Waals surface area contributed by atoms with Crippen LogP contribution in [0.5, 0.6) is 0 Å². The molecule has 4 aromatic rings. The number of aromatic amines is 2. The number of H-pyrrole nitrogens is 2. The molecule has 2 aromatic heterocycles. The number of non-ortho nitro benzene ring substituents is 1. The third-order valence-corrected chi connectivity index (χ3v) is 5.81. The fourth-order valence-corrected chi connectivity index (χ4v) is 3.97. The standard InChI is InChI=1S/C24H25N5O4/c1-15(33-14-16-5-3-2-4-6-16)19(24-27-13-22(28-24)23(25)30)9-7-17-12-26-21-11-18(29(31)32)8-10-20(17)21/h2-6,8,10-13,15,19,26H,7,9,14H2,1H3,(H2,25,30)(H,27,28)/t15-,19-/m0/s1. The monoisotopic (exact) mass is 447 g/mol. The highest BCUT2D eigenvalue weighted by atomic mass is 16.6. The van der Waals surface area contributed by atoms with Crippen molar-refractivity contribution in [2.45, 2.75) is 38.4 Å². The normalized spacial score (nSPS) is 13.1. The van der Waals surface area contributed by atoms with Crippen LogP contribution >= 0.6 is 0 Å². The van der Waals surface area contributed by atoms with E-state index >= 15 is 0 Å². The topological polar surface area (TPSA) is 140 Å². The van der Waals surface area contributed by atoms with E-state index in [0.29, 0.717) is 25.3 Å². The first-order valence-electron chi connectivity index (χ1n) is 10.7. The number of amides is 1. The Hall–Kier alpha value is -3.98. The summed E-state index contributed by atoms with van der Waals surface area (Å²) in [7, 11) is 0. The molecule has 2 atom stereocenters. The predicted octanol–water partition coefficient (Wildman–Crippen LogP) is 4.22. The van der Waals surface area contributed by atoms with Crippen LogP contribution in [0.1, 0.15) is 46.7 Å². The molecule has 4 rings (SSSR count). The van der Waals surface area contributed by atoms with Crippen LogP contribution in [0, 0.1) is 10.1 Å². The van der Waals surface area contributed by atoms with Crippen molar-refractivity contribution in [1.82, 2.24) is 15.0 Å². The van der Waals surface area contributed by atoms with Gasteiger partial charge in [0.15, 0.2) is 0 Å². The lowest BCUT2D eigenvalue weighted by Crippen LogP contribution is -2.21. The van der Waals surface area contributed by atoms with E-state index < -0.39 is 10.8 Å². The number of nitro benzene ring substituents is 1. The molecule has 4 N–H and O–H groups in total. The highest BCUT2D eigenvalue weighted by Gasteiger charge is 2.24. The minimum atomic E-state index is -0.590. The van der Waals surface area contributed by atoms with E-state index in [0.717, 1.165) is 22.0 Å². The average Bonchev–Trinajstić information content (AvgIpc) is 3.46. The van der Waals surface area contributed by atoms with E-state index in [1.165, 1.54) is 18.3 Å². The number of carbonyl (C=O) groups excluding carboxylic acids is 1. The van der Waals surface area contributed by atoms with E-state index in [1.807, 2.05) is 43.5 Å². The summed E-state index contributed by atoms with van der Waals surface area (Å²) in [5, 5.41) is 12.0. The first kappa shape index (κ1) is 22.2. The van der Waals surface area contributed by atoms with E-state index in [9.17, 15) is 14.9 Å². The molecular weight excluding hydrogens is 422 g/mol. The Morgan fingerprint density at radius 3 is 2.67 bits per heavy atom. The van der Waals surface area contributed by atoms with Crippen LogP contribution in [0.15, 0.2) is 60.9 Å². The number of nitrogens with two attached hydrogens (primary N) is 1. The first-order valence-corrected chi connectivity index (χ1v) is 10.7. The zero-order valence-corrected chi connectivity index (χ0v) is 18.2. The van der Waals surface area contributed by atoms with Crippen LogP contribution in [-0.4, -0.2) is 31.9 Å². The molecule has 1 amide bonds. The van der Waals surface area contributed by atoms with E-state index in [2.05, 4.69) is 15.0 Å². The number of primary amides is 1. The SMILES string of the molecule is C[C@H](OCc1ccccc1)[C@H](CCc1c[nH]c2cc([N+](=O)[O-])ccc12)c1nc(C(N)=O)c[nH]1. The van der Waals surface area contributed by atoms with E-state index in [-0.39, 0.29) is 23.4 Å². The van der Waals surface area contributed by atoms with Gasteiger partial charge in [0.05, 0.1) is 23.2 Å². The molecule has 2 heterocycles. The number of nitrogens with one attached hydrogen (secondary N) is 2. The molecular formula is C24H25N5O4. The van der Waals surface area contributed by atoms with Crippen LogP contribution in [-0.2, 0) is 17.8 Å². The van der Waals surface area contributed by atoms with Crippen LogP contribution < -0.4 is 5.73 Å². The van der Waals surface area contributed by atoms with Crippen molar-refractivity contribution in [2.75, 3.05) is 0 Å². The fraction of sp³-hybridized carbons (Fsp3) is 0.250. The summed E-state index contributed by atoms with van der Waals surface area (Å²) in [6.45, 7) is 2.44. The Morgan fingerprint density at radius 1 is 1.18 bits per heavy atom. The maximum atomic E-state index is 11.5. The largest absolute Gasteiger partial charge is 0.373 e. The predicted molar refractivity (Wildman–Crippen MR) is 124 cm³/mol. The first-order chi connectivity index (χ1) is 15.9. The van der Waals surface area contributed by atoms with Gasteiger partial charge >= 0.3 is 0 Å². The zero-order chi connectivity index (χ0) is 23.4. The smallest absolute Gasteiger partial charge is 0.271 e. The summed E-state index contributed by atoms with van der Waals surface area (Å²) < 4.78 is 6.15. The van der Waals surface area contributed by atoms with Gasteiger partial charge in [-0.15, -0.1) is 0 Å². The van der Waals surface area contributed by atoms with E-state index in [1.54, 1.807) is 6.07 Å². The summed E-state index contributed by atoms with van der Waals surface area (Å²) in [5.41, 5.74) is 8.44. The molecule has 0 saturated heterocycles. The van der Waals surface area contributed by atoms with Crippen molar-refractivity contribution < 1.29 is 14.5 Å². The highest BCUT2D eigenvalue weighted by molar-refractivity contribution is 5.90. The quantitative estimate of drug-likeness (QED) is 0.247. The van der Waals surface area contributed by atoms with Gasteiger partial charge < -0.3 is 20.4 Å². The number of imidazole rings is 1. The Morgan fingerprint density at radius 2 is 1.97 bits per heavy atom. The summed E-state index contributed by atoms with van der Waals surface area (Å²) in [4.78, 5) is 32.8. The van der Waals surface area contributed by atoms with Gasteiger partial charge in [-0.05, 0) is 37.0 Å². The van der Waals surface area contributed by atoms with Crippen LogP contribution in [0.25, 0.3) is 10.9 Å². The number of aryl methyl sites for hydroxylation is 1. The fourth-order valence-electron chi connectivity index (χ4n) is 3.97. The molecule has 0 aliphatic rings. The molecule has 0 radical (unpaired) electrons. The Kier molecular flexibility index (Phi) is 6.50.